The van der Waals surface area contributed by atoms with Crippen molar-refractivity contribution in [2.45, 2.75) is 18.4 Å². The molecule has 0 radical (unpaired) electrons. The molecule has 0 aliphatic carbocycles. The van der Waals surface area contributed by atoms with Crippen molar-refractivity contribution < 1.29 is 18.3 Å². The summed E-state index contributed by atoms with van der Waals surface area (Å²) in [5, 5.41) is 12.9. The van der Waals surface area contributed by atoms with Crippen molar-refractivity contribution in [2.75, 3.05) is 39.1 Å². The Hall–Kier alpha value is -0.210. The maximum Gasteiger partial charge on any atom is 0.211 e. The molecule has 1 rings (SSSR count). The zero-order valence-corrected chi connectivity index (χ0v) is 10.3. The van der Waals surface area contributed by atoms with Crippen LogP contribution in [-0.4, -0.2) is 58.2 Å². The van der Waals surface area contributed by atoms with E-state index in [1.807, 2.05) is 0 Å². The molecular formula is C9H20N2O4S. The van der Waals surface area contributed by atoms with Crippen molar-refractivity contribution in [1.29, 1.82) is 0 Å². The van der Waals surface area contributed by atoms with Crippen LogP contribution >= 0.6 is 0 Å². The van der Waals surface area contributed by atoms with Gasteiger partial charge in [0.1, 0.15) is 0 Å². The molecule has 0 aromatic heterocycles. The monoisotopic (exact) mass is 252 g/mol. The quantitative estimate of drug-likeness (QED) is 0.489. The van der Waals surface area contributed by atoms with Gasteiger partial charge >= 0.3 is 0 Å². The second kappa shape index (κ2) is 5.92. The summed E-state index contributed by atoms with van der Waals surface area (Å²) in [5.41, 5.74) is -0.936. The Balaban J connectivity index is 2.30. The molecule has 0 aromatic rings. The maximum atomic E-state index is 11.5. The summed E-state index contributed by atoms with van der Waals surface area (Å²) in [6, 6.07) is 0. The van der Waals surface area contributed by atoms with E-state index in [-0.39, 0.29) is 12.3 Å². The van der Waals surface area contributed by atoms with Gasteiger partial charge in [0.25, 0.3) is 0 Å². The van der Waals surface area contributed by atoms with Gasteiger partial charge in [-0.2, -0.15) is 0 Å². The van der Waals surface area contributed by atoms with Crippen LogP contribution in [0.4, 0.5) is 0 Å². The molecule has 6 nitrogen and oxygen atoms in total. The first-order chi connectivity index (χ1) is 7.47. The topological polar surface area (TPSA) is 87.7 Å². The predicted octanol–water partition coefficient (Wildman–Crippen LogP) is -1.33. The van der Waals surface area contributed by atoms with Gasteiger partial charge in [-0.25, -0.2) is 13.1 Å². The third kappa shape index (κ3) is 4.75. The number of nitrogens with one attached hydrogen (secondary N) is 2. The lowest BCUT2D eigenvalue weighted by Gasteiger charge is -2.21. The minimum Gasteiger partial charge on any atom is -0.387 e. The highest BCUT2D eigenvalue weighted by atomic mass is 32.2. The van der Waals surface area contributed by atoms with Crippen LogP contribution in [-0.2, 0) is 14.8 Å². The van der Waals surface area contributed by atoms with Gasteiger partial charge in [-0.3, -0.25) is 0 Å². The number of sulfonamides is 1. The molecule has 1 atom stereocenters. The molecule has 3 N–H and O–H groups in total. The molecule has 1 heterocycles. The van der Waals surface area contributed by atoms with Gasteiger partial charge < -0.3 is 15.2 Å². The fourth-order valence-corrected chi connectivity index (χ4v) is 2.72. The molecule has 0 amide bonds. The van der Waals surface area contributed by atoms with Crippen LogP contribution in [0.1, 0.15) is 12.8 Å². The van der Waals surface area contributed by atoms with Crippen molar-refractivity contribution >= 4 is 10.0 Å². The Labute approximate surface area is 96.4 Å². The number of hydrogen-bond donors (Lipinski definition) is 3. The van der Waals surface area contributed by atoms with Gasteiger partial charge in [0, 0.05) is 26.8 Å². The number of ether oxygens (including phenoxy) is 1. The summed E-state index contributed by atoms with van der Waals surface area (Å²) >= 11 is 0. The molecule has 1 aliphatic heterocycles. The Morgan fingerprint density at radius 2 is 2.31 bits per heavy atom. The Morgan fingerprint density at radius 1 is 1.56 bits per heavy atom. The SMILES string of the molecule is COCCCS(=O)(=O)NCC1(O)CCNC1. The summed E-state index contributed by atoms with van der Waals surface area (Å²) < 4.78 is 30.2. The lowest BCUT2D eigenvalue weighted by Crippen LogP contribution is -2.45. The van der Waals surface area contributed by atoms with E-state index in [9.17, 15) is 13.5 Å². The second-order valence-corrected chi connectivity index (χ2v) is 6.06. The van der Waals surface area contributed by atoms with E-state index >= 15 is 0 Å². The molecule has 1 saturated heterocycles. The fraction of sp³-hybridized carbons (Fsp3) is 1.00. The van der Waals surface area contributed by atoms with Crippen molar-refractivity contribution in [2.24, 2.45) is 0 Å². The Bertz CT molecular complexity index is 299. The number of methoxy groups -OCH3 is 1. The molecule has 1 unspecified atom stereocenters. The fourth-order valence-electron chi connectivity index (χ4n) is 1.59. The van der Waals surface area contributed by atoms with Crippen molar-refractivity contribution in [1.82, 2.24) is 10.0 Å². The molecule has 0 aromatic carbocycles. The van der Waals surface area contributed by atoms with Crippen LogP contribution < -0.4 is 10.0 Å². The Kier molecular flexibility index (Phi) is 5.13. The molecule has 0 saturated carbocycles. The molecule has 0 spiro atoms. The van der Waals surface area contributed by atoms with Gasteiger partial charge in [0.05, 0.1) is 11.4 Å². The Morgan fingerprint density at radius 3 is 2.88 bits per heavy atom. The summed E-state index contributed by atoms with van der Waals surface area (Å²) in [5.74, 6) is 0.0321. The molecule has 96 valence electrons. The smallest absolute Gasteiger partial charge is 0.211 e. The first-order valence-corrected chi connectivity index (χ1v) is 7.02. The molecule has 7 heteroatoms. The van der Waals surface area contributed by atoms with E-state index in [0.29, 0.717) is 26.0 Å². The molecule has 0 bridgehead atoms. The lowest BCUT2D eigenvalue weighted by atomic mass is 10.1. The van der Waals surface area contributed by atoms with Crippen molar-refractivity contribution in [3.8, 4) is 0 Å². The number of rotatable bonds is 7. The highest BCUT2D eigenvalue weighted by molar-refractivity contribution is 7.89. The summed E-state index contributed by atoms with van der Waals surface area (Å²) in [6.45, 7) is 1.66. The summed E-state index contributed by atoms with van der Waals surface area (Å²) in [6.07, 6.45) is 1.04. The normalized spacial score (nSPS) is 26.1. The number of aliphatic hydroxyl groups is 1. The largest absolute Gasteiger partial charge is 0.387 e. The molecular weight excluding hydrogens is 232 g/mol. The first kappa shape index (κ1) is 13.9. The minimum absolute atomic E-state index is 0.0321. The minimum atomic E-state index is -3.30. The molecule has 16 heavy (non-hydrogen) atoms. The molecule has 1 fully saturated rings. The average Bonchev–Trinajstić information content (AvgIpc) is 2.64. The van der Waals surface area contributed by atoms with E-state index in [4.69, 9.17) is 4.74 Å². The van der Waals surface area contributed by atoms with E-state index < -0.39 is 15.6 Å². The third-order valence-corrected chi connectivity index (χ3v) is 4.01. The predicted molar refractivity (Wildman–Crippen MR) is 60.7 cm³/mol. The van der Waals surface area contributed by atoms with E-state index in [1.165, 1.54) is 7.11 Å². The number of β-amino-alcohol motifs (C(OH)–C–C–N with tert-alkyl or cyclic N) is 1. The zero-order chi connectivity index (χ0) is 12.1. The lowest BCUT2D eigenvalue weighted by molar-refractivity contribution is 0.0667. The van der Waals surface area contributed by atoms with Crippen LogP contribution in [0.2, 0.25) is 0 Å². The van der Waals surface area contributed by atoms with E-state index in [1.54, 1.807) is 0 Å². The van der Waals surface area contributed by atoms with Gasteiger partial charge in [-0.05, 0) is 19.4 Å². The van der Waals surface area contributed by atoms with Gasteiger partial charge in [-0.15, -0.1) is 0 Å². The summed E-state index contributed by atoms with van der Waals surface area (Å²) in [7, 11) is -1.76. The van der Waals surface area contributed by atoms with Crippen LogP contribution in [0, 0.1) is 0 Å². The molecule has 1 aliphatic rings. The second-order valence-electron chi connectivity index (χ2n) is 4.14. The highest BCUT2D eigenvalue weighted by Crippen LogP contribution is 2.12. The van der Waals surface area contributed by atoms with E-state index in [0.717, 1.165) is 6.54 Å². The van der Waals surface area contributed by atoms with Crippen LogP contribution in [0.5, 0.6) is 0 Å². The van der Waals surface area contributed by atoms with E-state index in [2.05, 4.69) is 10.0 Å². The third-order valence-electron chi connectivity index (χ3n) is 2.60. The highest BCUT2D eigenvalue weighted by Gasteiger charge is 2.31. The average molecular weight is 252 g/mol. The number of hydrogen-bond acceptors (Lipinski definition) is 5. The van der Waals surface area contributed by atoms with Crippen LogP contribution in [0.3, 0.4) is 0 Å². The first-order valence-electron chi connectivity index (χ1n) is 5.37. The van der Waals surface area contributed by atoms with Crippen LogP contribution in [0.25, 0.3) is 0 Å². The van der Waals surface area contributed by atoms with Crippen molar-refractivity contribution in [3.63, 3.8) is 0 Å². The standard InChI is InChI=1S/C9H20N2O4S/c1-15-5-2-6-16(13,14)11-8-9(12)3-4-10-7-9/h10-12H,2-8H2,1H3. The van der Waals surface area contributed by atoms with Gasteiger partial charge in [0.15, 0.2) is 0 Å². The van der Waals surface area contributed by atoms with Gasteiger partial charge in [-0.1, -0.05) is 0 Å². The maximum absolute atomic E-state index is 11.5. The van der Waals surface area contributed by atoms with Gasteiger partial charge in [0.2, 0.25) is 10.0 Å². The zero-order valence-electron chi connectivity index (χ0n) is 9.53. The summed E-state index contributed by atoms with van der Waals surface area (Å²) in [4.78, 5) is 0. The van der Waals surface area contributed by atoms with Crippen LogP contribution in [0.15, 0.2) is 0 Å². The van der Waals surface area contributed by atoms with Crippen molar-refractivity contribution in [3.05, 3.63) is 0 Å².